The van der Waals surface area contributed by atoms with E-state index in [1.807, 2.05) is 0 Å². The number of carbonyl (C=O) groups excluding carboxylic acids is 2. The van der Waals surface area contributed by atoms with Crippen molar-refractivity contribution < 1.29 is 44.0 Å². The van der Waals surface area contributed by atoms with E-state index in [1.165, 1.54) is 25.3 Å². The van der Waals surface area contributed by atoms with Crippen molar-refractivity contribution in [2.24, 2.45) is 17.8 Å². The minimum atomic E-state index is -1.57. The molecule has 2 unspecified atom stereocenters. The van der Waals surface area contributed by atoms with Crippen molar-refractivity contribution in [2.75, 3.05) is 6.61 Å². The molecule has 0 saturated heterocycles. The number of aliphatic carboxylic acids is 3. The van der Waals surface area contributed by atoms with Gasteiger partial charge in [0.25, 0.3) is 0 Å². The van der Waals surface area contributed by atoms with Crippen LogP contribution in [0.2, 0.25) is 0 Å². The number of rotatable bonds is 27. The first-order valence-electron chi connectivity index (χ1n) is 16.8. The number of carboxylic acids is 3. The molecule has 258 valence electrons. The lowest BCUT2D eigenvalue weighted by Gasteiger charge is -2.22. The topological polar surface area (TPSA) is 167 Å². The van der Waals surface area contributed by atoms with Crippen molar-refractivity contribution in [3.63, 3.8) is 0 Å². The van der Waals surface area contributed by atoms with E-state index < -0.39 is 48.1 Å². The smallest absolute Gasteiger partial charge is 0.326 e. The minimum absolute atomic E-state index is 0.0538. The predicted octanol–water partition coefficient (Wildman–Crippen LogP) is 6.84. The van der Waals surface area contributed by atoms with Crippen LogP contribution in [0.4, 0.5) is 0 Å². The lowest BCUT2D eigenvalue weighted by Crippen LogP contribution is -2.47. The molecule has 0 spiro atoms. The highest BCUT2D eigenvalue weighted by molar-refractivity contribution is 5.91. The number of allylic oxidation sites excluding steroid dienone is 1. The Kier molecular flexibility index (Phi) is 20.7. The summed E-state index contributed by atoms with van der Waals surface area (Å²) in [5.74, 6) is -6.50. The standard InChI is InChI=1S/C36H55NO9/c1-4-5-6-9-12-15-28(38)16-13-10-7-8-11-14-17-30(31(35(42)43)25-33(39)40)34(41)37-32(36(44)45)24-27-18-20-29(21-19-27)46-23-22-26(2)3/h14,17-21,26,30-32H,4-13,15-16,22-25H2,1-3H3,(H,37,41)(H,39,40)(H,42,43)(H,44,45)/b17-14+/t30?,31-,32?/m1/s1. The molecular formula is C36H55NO9. The van der Waals surface area contributed by atoms with E-state index in [4.69, 9.17) is 4.74 Å². The van der Waals surface area contributed by atoms with Gasteiger partial charge in [-0.2, -0.15) is 0 Å². The molecule has 1 aromatic carbocycles. The number of hydrogen-bond acceptors (Lipinski definition) is 6. The number of unbranched alkanes of at least 4 members (excludes halogenated alkanes) is 8. The van der Waals surface area contributed by atoms with Gasteiger partial charge in [-0.1, -0.05) is 83.6 Å². The lowest BCUT2D eigenvalue weighted by molar-refractivity contribution is -0.152. The van der Waals surface area contributed by atoms with Gasteiger partial charge in [0.2, 0.25) is 5.91 Å². The summed E-state index contributed by atoms with van der Waals surface area (Å²) in [6.07, 6.45) is 13.7. The third-order valence-electron chi connectivity index (χ3n) is 7.87. The van der Waals surface area contributed by atoms with Gasteiger partial charge in [-0.15, -0.1) is 0 Å². The first kappa shape index (κ1) is 40.3. The van der Waals surface area contributed by atoms with Crippen molar-refractivity contribution in [3.05, 3.63) is 42.0 Å². The van der Waals surface area contributed by atoms with Crippen LogP contribution in [-0.4, -0.2) is 57.6 Å². The second-order valence-electron chi connectivity index (χ2n) is 12.4. The second kappa shape index (κ2) is 23.6. The average Bonchev–Trinajstić information content (AvgIpc) is 2.99. The largest absolute Gasteiger partial charge is 0.494 e. The molecule has 1 rings (SSSR count). The van der Waals surface area contributed by atoms with Gasteiger partial charge in [-0.3, -0.25) is 19.2 Å². The summed E-state index contributed by atoms with van der Waals surface area (Å²) in [6, 6.07) is 5.51. The molecule has 1 aromatic rings. The highest BCUT2D eigenvalue weighted by atomic mass is 16.5. The fourth-order valence-corrected chi connectivity index (χ4v) is 5.03. The average molecular weight is 646 g/mol. The maximum Gasteiger partial charge on any atom is 0.326 e. The first-order valence-corrected chi connectivity index (χ1v) is 16.8. The molecule has 0 bridgehead atoms. The summed E-state index contributed by atoms with van der Waals surface area (Å²) < 4.78 is 5.70. The van der Waals surface area contributed by atoms with E-state index in [-0.39, 0.29) is 6.42 Å². The molecule has 10 heteroatoms. The van der Waals surface area contributed by atoms with Gasteiger partial charge in [0.15, 0.2) is 0 Å². The Balaban J connectivity index is 2.74. The van der Waals surface area contributed by atoms with E-state index in [0.717, 1.165) is 44.9 Å². The van der Waals surface area contributed by atoms with Crippen molar-refractivity contribution in [2.45, 2.75) is 123 Å². The van der Waals surface area contributed by atoms with Gasteiger partial charge in [0.05, 0.1) is 24.9 Å². The van der Waals surface area contributed by atoms with Crippen molar-refractivity contribution in [1.82, 2.24) is 5.32 Å². The summed E-state index contributed by atoms with van der Waals surface area (Å²) in [7, 11) is 0. The molecule has 0 saturated carbocycles. The number of benzene rings is 1. The number of Topliss-reactive ketones (excluding diaryl/α,β-unsaturated/α-hetero) is 1. The number of ketones is 1. The third kappa shape index (κ3) is 18.3. The molecule has 0 aliphatic heterocycles. The molecule has 4 N–H and O–H groups in total. The molecule has 46 heavy (non-hydrogen) atoms. The Hall–Kier alpha value is -3.69. The van der Waals surface area contributed by atoms with Gasteiger partial charge in [-0.05, 0) is 55.7 Å². The fraction of sp³-hybridized carbons (Fsp3) is 0.639. The normalized spacial score (nSPS) is 13.3. The Morgan fingerprint density at radius 2 is 1.43 bits per heavy atom. The van der Waals surface area contributed by atoms with Crippen LogP contribution in [0.3, 0.4) is 0 Å². The second-order valence-corrected chi connectivity index (χ2v) is 12.4. The van der Waals surface area contributed by atoms with Gasteiger partial charge < -0.3 is 25.4 Å². The minimum Gasteiger partial charge on any atom is -0.494 e. The van der Waals surface area contributed by atoms with Gasteiger partial charge in [-0.25, -0.2) is 4.79 Å². The summed E-state index contributed by atoms with van der Waals surface area (Å²) in [5, 5.41) is 31.3. The monoisotopic (exact) mass is 645 g/mol. The van der Waals surface area contributed by atoms with Crippen molar-refractivity contribution in [3.8, 4) is 5.75 Å². The van der Waals surface area contributed by atoms with E-state index >= 15 is 0 Å². The zero-order valence-electron chi connectivity index (χ0n) is 27.9. The molecule has 0 aliphatic carbocycles. The Labute approximate surface area is 274 Å². The van der Waals surface area contributed by atoms with Crippen molar-refractivity contribution >= 4 is 29.6 Å². The SMILES string of the molecule is CCCCCCCC(=O)CCCCCC/C=C/C(C(=O)NC(Cc1ccc(OCCC(C)C)cc1)C(=O)O)[C@@H](CC(=O)O)C(=O)O. The molecule has 0 aliphatic rings. The van der Waals surface area contributed by atoms with Gasteiger partial charge in [0.1, 0.15) is 17.6 Å². The summed E-state index contributed by atoms with van der Waals surface area (Å²) in [5.41, 5.74) is 0.630. The quantitative estimate of drug-likeness (QED) is 0.0591. The number of ether oxygens (including phenoxy) is 1. The summed E-state index contributed by atoms with van der Waals surface area (Å²) in [6.45, 7) is 6.91. The van der Waals surface area contributed by atoms with Crippen LogP contribution >= 0.6 is 0 Å². The fourth-order valence-electron chi connectivity index (χ4n) is 5.03. The number of nitrogens with one attached hydrogen (secondary N) is 1. The van der Waals surface area contributed by atoms with E-state index in [1.54, 1.807) is 30.3 Å². The molecule has 3 atom stereocenters. The molecule has 1 amide bonds. The zero-order chi connectivity index (χ0) is 34.3. The number of carbonyl (C=O) groups is 5. The van der Waals surface area contributed by atoms with Crippen molar-refractivity contribution in [1.29, 1.82) is 0 Å². The summed E-state index contributed by atoms with van der Waals surface area (Å²) in [4.78, 5) is 60.8. The Morgan fingerprint density at radius 1 is 0.826 bits per heavy atom. The van der Waals surface area contributed by atoms with E-state index in [0.29, 0.717) is 48.9 Å². The Bertz CT molecular complexity index is 1100. The van der Waals surface area contributed by atoms with Crippen LogP contribution in [0.1, 0.15) is 116 Å². The molecule has 0 aromatic heterocycles. The van der Waals surface area contributed by atoms with Crippen LogP contribution < -0.4 is 10.1 Å². The highest BCUT2D eigenvalue weighted by Gasteiger charge is 2.35. The van der Waals surface area contributed by atoms with E-state index in [2.05, 4.69) is 26.1 Å². The Morgan fingerprint density at radius 3 is 1.98 bits per heavy atom. The molecular weight excluding hydrogens is 590 g/mol. The third-order valence-corrected chi connectivity index (χ3v) is 7.87. The first-order chi connectivity index (χ1) is 21.9. The molecule has 10 nitrogen and oxygen atoms in total. The van der Waals surface area contributed by atoms with Crippen LogP contribution in [0.15, 0.2) is 36.4 Å². The van der Waals surface area contributed by atoms with Crippen LogP contribution in [0.5, 0.6) is 5.75 Å². The molecule has 0 radical (unpaired) electrons. The van der Waals surface area contributed by atoms with Crippen LogP contribution in [0.25, 0.3) is 0 Å². The van der Waals surface area contributed by atoms with E-state index in [9.17, 15) is 39.3 Å². The highest BCUT2D eigenvalue weighted by Crippen LogP contribution is 2.21. The molecule has 0 heterocycles. The maximum absolute atomic E-state index is 13.3. The van der Waals surface area contributed by atoms with Crippen LogP contribution in [-0.2, 0) is 30.4 Å². The predicted molar refractivity (Wildman–Crippen MR) is 177 cm³/mol. The maximum atomic E-state index is 13.3. The number of carboxylic acid groups (broad SMARTS) is 3. The zero-order valence-corrected chi connectivity index (χ0v) is 27.9. The lowest BCUT2D eigenvalue weighted by atomic mass is 9.87. The van der Waals surface area contributed by atoms with Crippen LogP contribution in [0, 0.1) is 17.8 Å². The number of amides is 1. The van der Waals surface area contributed by atoms with Gasteiger partial charge in [0, 0.05) is 19.3 Å². The molecule has 0 fully saturated rings. The number of hydrogen-bond donors (Lipinski definition) is 4. The summed E-state index contributed by atoms with van der Waals surface area (Å²) >= 11 is 0. The van der Waals surface area contributed by atoms with Gasteiger partial charge >= 0.3 is 17.9 Å².